The van der Waals surface area contributed by atoms with Gasteiger partial charge in [-0.05, 0) is 41.8 Å². The van der Waals surface area contributed by atoms with Crippen molar-refractivity contribution < 1.29 is 4.79 Å². The van der Waals surface area contributed by atoms with Crippen molar-refractivity contribution in [2.24, 2.45) is 0 Å². The molecule has 4 nitrogen and oxygen atoms in total. The van der Waals surface area contributed by atoms with Crippen LogP contribution in [0.15, 0.2) is 67.3 Å². The molecule has 1 amide bonds. The molecule has 0 saturated carbocycles. The first kappa shape index (κ1) is 15.0. The Balaban J connectivity index is 1.71. The van der Waals surface area contributed by atoms with Crippen LogP contribution < -0.4 is 5.32 Å². The summed E-state index contributed by atoms with van der Waals surface area (Å²) in [7, 11) is 0. The lowest BCUT2D eigenvalue weighted by Gasteiger charge is -2.08. The lowest BCUT2D eigenvalue weighted by molar-refractivity contribution is 0.102. The Morgan fingerprint density at radius 1 is 1.13 bits per heavy atom. The summed E-state index contributed by atoms with van der Waals surface area (Å²) in [6, 6.07) is 15.6. The first-order valence-electron chi connectivity index (χ1n) is 7.69. The lowest BCUT2D eigenvalue weighted by atomic mass is 10.1. The Bertz CT molecular complexity index is 777. The summed E-state index contributed by atoms with van der Waals surface area (Å²) in [5.74, 6) is -0.0956. The fourth-order valence-corrected chi connectivity index (χ4v) is 2.43. The molecule has 2 aromatic carbocycles. The number of hydrogen-bond acceptors (Lipinski definition) is 2. The Kier molecular flexibility index (Phi) is 4.52. The molecule has 0 aliphatic heterocycles. The van der Waals surface area contributed by atoms with E-state index in [2.05, 4.69) is 17.2 Å². The molecular weight excluding hydrogens is 286 g/mol. The van der Waals surface area contributed by atoms with E-state index in [4.69, 9.17) is 0 Å². The number of aromatic nitrogens is 2. The van der Waals surface area contributed by atoms with Crippen LogP contribution in [-0.2, 0) is 13.0 Å². The van der Waals surface area contributed by atoms with Gasteiger partial charge in [0.2, 0.25) is 0 Å². The van der Waals surface area contributed by atoms with E-state index < -0.39 is 0 Å². The Morgan fingerprint density at radius 3 is 2.65 bits per heavy atom. The summed E-state index contributed by atoms with van der Waals surface area (Å²) in [5.41, 5.74) is 3.79. The molecule has 1 aromatic heterocycles. The van der Waals surface area contributed by atoms with Gasteiger partial charge in [-0.1, -0.05) is 31.2 Å². The van der Waals surface area contributed by atoms with Gasteiger partial charge in [-0.25, -0.2) is 4.98 Å². The molecule has 0 unspecified atom stereocenters. The third-order valence-electron chi connectivity index (χ3n) is 3.73. The molecule has 23 heavy (non-hydrogen) atoms. The van der Waals surface area contributed by atoms with Crippen molar-refractivity contribution >= 4 is 11.6 Å². The molecule has 116 valence electrons. The molecule has 0 bridgehead atoms. The van der Waals surface area contributed by atoms with Crippen LogP contribution in [0.1, 0.15) is 28.4 Å². The van der Waals surface area contributed by atoms with Gasteiger partial charge in [0.1, 0.15) is 0 Å². The highest BCUT2D eigenvalue weighted by molar-refractivity contribution is 6.04. The van der Waals surface area contributed by atoms with Crippen molar-refractivity contribution in [2.45, 2.75) is 19.9 Å². The van der Waals surface area contributed by atoms with Crippen molar-refractivity contribution in [1.82, 2.24) is 9.55 Å². The van der Waals surface area contributed by atoms with Gasteiger partial charge >= 0.3 is 0 Å². The third-order valence-corrected chi connectivity index (χ3v) is 3.73. The number of hydrogen-bond donors (Lipinski definition) is 1. The summed E-state index contributed by atoms with van der Waals surface area (Å²) in [5, 5.41) is 2.94. The van der Waals surface area contributed by atoms with Crippen LogP contribution >= 0.6 is 0 Å². The maximum absolute atomic E-state index is 12.4. The first-order chi connectivity index (χ1) is 11.2. The largest absolute Gasteiger partial charge is 0.333 e. The fraction of sp³-hybridized carbons (Fsp3) is 0.158. The number of anilines is 1. The van der Waals surface area contributed by atoms with E-state index in [1.54, 1.807) is 12.5 Å². The van der Waals surface area contributed by atoms with E-state index in [9.17, 15) is 4.79 Å². The molecule has 0 saturated heterocycles. The number of imidazole rings is 1. The zero-order chi connectivity index (χ0) is 16.1. The van der Waals surface area contributed by atoms with E-state index in [0.29, 0.717) is 12.1 Å². The SMILES string of the molecule is CCc1ccc(NC(=O)c2cccc(Cn3ccnc3)c2)cc1. The molecule has 0 spiro atoms. The number of nitrogens with one attached hydrogen (secondary N) is 1. The van der Waals surface area contributed by atoms with Crippen LogP contribution in [0.3, 0.4) is 0 Å². The van der Waals surface area contributed by atoms with E-state index in [-0.39, 0.29) is 5.91 Å². The number of amides is 1. The normalized spacial score (nSPS) is 10.5. The van der Waals surface area contributed by atoms with Gasteiger partial charge in [0, 0.05) is 30.2 Å². The van der Waals surface area contributed by atoms with Crippen LogP contribution in [0, 0.1) is 0 Å². The summed E-state index contributed by atoms with van der Waals surface area (Å²) in [6.07, 6.45) is 6.41. The van der Waals surface area contributed by atoms with Gasteiger partial charge in [-0.15, -0.1) is 0 Å². The number of carbonyl (C=O) groups excluding carboxylic acids is 1. The van der Waals surface area contributed by atoms with E-state index in [1.165, 1.54) is 5.56 Å². The molecule has 3 aromatic rings. The zero-order valence-corrected chi connectivity index (χ0v) is 13.1. The van der Waals surface area contributed by atoms with E-state index >= 15 is 0 Å². The minimum absolute atomic E-state index is 0.0956. The van der Waals surface area contributed by atoms with Crippen LogP contribution in [0.2, 0.25) is 0 Å². The average Bonchev–Trinajstić information content (AvgIpc) is 3.09. The smallest absolute Gasteiger partial charge is 0.255 e. The molecule has 0 atom stereocenters. The Morgan fingerprint density at radius 2 is 1.96 bits per heavy atom. The second-order valence-corrected chi connectivity index (χ2v) is 5.44. The average molecular weight is 305 g/mol. The van der Waals surface area contributed by atoms with E-state index in [0.717, 1.165) is 17.7 Å². The summed E-state index contributed by atoms with van der Waals surface area (Å²) >= 11 is 0. The van der Waals surface area contributed by atoms with Gasteiger partial charge in [0.05, 0.1) is 6.33 Å². The van der Waals surface area contributed by atoms with Gasteiger partial charge in [0.25, 0.3) is 5.91 Å². The molecule has 0 fully saturated rings. The molecule has 1 N–H and O–H groups in total. The van der Waals surface area contributed by atoms with Crippen molar-refractivity contribution in [3.8, 4) is 0 Å². The Labute approximate surface area is 135 Å². The quantitative estimate of drug-likeness (QED) is 0.780. The standard InChI is InChI=1S/C19H19N3O/c1-2-15-6-8-18(9-7-15)21-19(23)17-5-3-4-16(12-17)13-22-11-10-20-14-22/h3-12,14H,2,13H2,1H3,(H,21,23). The highest BCUT2D eigenvalue weighted by atomic mass is 16.1. The second kappa shape index (κ2) is 6.92. The topological polar surface area (TPSA) is 46.9 Å². The number of aryl methyl sites for hydroxylation is 1. The highest BCUT2D eigenvalue weighted by Crippen LogP contribution is 2.13. The molecule has 3 rings (SSSR count). The van der Waals surface area contributed by atoms with Gasteiger partial charge in [-0.2, -0.15) is 0 Å². The molecule has 0 aliphatic carbocycles. The number of carbonyl (C=O) groups is 1. The van der Waals surface area contributed by atoms with Crippen LogP contribution in [0.4, 0.5) is 5.69 Å². The number of rotatable bonds is 5. The molecule has 0 aliphatic rings. The minimum Gasteiger partial charge on any atom is -0.333 e. The molecule has 1 heterocycles. The van der Waals surface area contributed by atoms with E-state index in [1.807, 2.05) is 59.3 Å². The maximum Gasteiger partial charge on any atom is 0.255 e. The summed E-state index contributed by atoms with van der Waals surface area (Å²) in [6.45, 7) is 2.81. The van der Waals surface area contributed by atoms with Crippen molar-refractivity contribution in [3.63, 3.8) is 0 Å². The fourth-order valence-electron chi connectivity index (χ4n) is 2.43. The summed E-state index contributed by atoms with van der Waals surface area (Å²) < 4.78 is 1.97. The highest BCUT2D eigenvalue weighted by Gasteiger charge is 2.07. The van der Waals surface area contributed by atoms with Gasteiger partial charge in [-0.3, -0.25) is 4.79 Å². The predicted octanol–water partition coefficient (Wildman–Crippen LogP) is 3.75. The van der Waals surface area contributed by atoms with Gasteiger partial charge in [0.15, 0.2) is 0 Å². The Hall–Kier alpha value is -2.88. The van der Waals surface area contributed by atoms with Crippen LogP contribution in [0.25, 0.3) is 0 Å². The van der Waals surface area contributed by atoms with Crippen molar-refractivity contribution in [3.05, 3.63) is 83.9 Å². The molecule has 0 radical (unpaired) electrons. The lowest BCUT2D eigenvalue weighted by Crippen LogP contribution is -2.12. The predicted molar refractivity (Wildman–Crippen MR) is 91.5 cm³/mol. The summed E-state index contributed by atoms with van der Waals surface area (Å²) in [4.78, 5) is 16.4. The first-order valence-corrected chi connectivity index (χ1v) is 7.69. The number of benzene rings is 2. The van der Waals surface area contributed by atoms with Crippen molar-refractivity contribution in [1.29, 1.82) is 0 Å². The molecule has 4 heteroatoms. The van der Waals surface area contributed by atoms with Crippen LogP contribution in [-0.4, -0.2) is 15.5 Å². The van der Waals surface area contributed by atoms with Crippen LogP contribution in [0.5, 0.6) is 0 Å². The maximum atomic E-state index is 12.4. The second-order valence-electron chi connectivity index (χ2n) is 5.44. The van der Waals surface area contributed by atoms with Gasteiger partial charge < -0.3 is 9.88 Å². The third kappa shape index (κ3) is 3.86. The zero-order valence-electron chi connectivity index (χ0n) is 13.1. The molecular formula is C19H19N3O. The minimum atomic E-state index is -0.0956. The number of nitrogens with zero attached hydrogens (tertiary/aromatic N) is 2. The van der Waals surface area contributed by atoms with Crippen molar-refractivity contribution in [2.75, 3.05) is 5.32 Å². The monoisotopic (exact) mass is 305 g/mol.